The lowest BCUT2D eigenvalue weighted by Gasteiger charge is -2.43. The molecule has 1 unspecified atom stereocenters. The number of hydrogen-bond acceptors (Lipinski definition) is 10. The molecule has 17 heteroatoms. The zero-order valence-electron chi connectivity index (χ0n) is 17.4. The molecule has 0 spiro atoms. The third-order valence-corrected chi connectivity index (χ3v) is 4.84. The Hall–Kier alpha value is -2.99. The molecular weight excluding hydrogens is 500 g/mol. The van der Waals surface area contributed by atoms with Crippen LogP contribution in [0.1, 0.15) is 11.9 Å². The highest BCUT2D eigenvalue weighted by atomic mass is 19.4. The highest BCUT2D eigenvalue weighted by Crippen LogP contribution is 2.39. The van der Waals surface area contributed by atoms with Crippen LogP contribution in [0.5, 0.6) is 5.75 Å². The number of ether oxygens (including phenoxy) is 3. The van der Waals surface area contributed by atoms with Crippen LogP contribution in [0.15, 0.2) is 24.3 Å². The summed E-state index contributed by atoms with van der Waals surface area (Å²) >= 11 is 0. The van der Waals surface area contributed by atoms with Crippen molar-refractivity contribution in [2.24, 2.45) is 0 Å². The lowest BCUT2D eigenvalue weighted by Crippen LogP contribution is -2.64. The van der Waals surface area contributed by atoms with Crippen molar-refractivity contribution < 1.29 is 65.8 Å². The summed E-state index contributed by atoms with van der Waals surface area (Å²) in [5.74, 6) is -8.02. The second-order valence-electron chi connectivity index (χ2n) is 7.29. The van der Waals surface area contributed by atoms with E-state index in [1.807, 2.05) is 0 Å². The van der Waals surface area contributed by atoms with Crippen molar-refractivity contribution in [2.75, 3.05) is 7.11 Å². The van der Waals surface area contributed by atoms with Crippen LogP contribution >= 0.6 is 0 Å². The number of carbonyl (C=O) groups excluding carboxylic acids is 1. The number of aliphatic hydroxyl groups is 4. The summed E-state index contributed by atoms with van der Waals surface area (Å²) in [5, 5.41) is 47.5. The second-order valence-corrected chi connectivity index (χ2v) is 7.29. The van der Waals surface area contributed by atoms with Crippen molar-refractivity contribution in [3.63, 3.8) is 0 Å². The molecule has 0 radical (unpaired) electrons. The van der Waals surface area contributed by atoms with Gasteiger partial charge in [-0.3, -0.25) is 4.57 Å². The fourth-order valence-electron chi connectivity index (χ4n) is 3.20. The largest absolute Gasteiger partial charge is 0.497 e. The van der Waals surface area contributed by atoms with Crippen molar-refractivity contribution in [3.05, 3.63) is 30.1 Å². The van der Waals surface area contributed by atoms with Crippen LogP contribution in [-0.2, 0) is 20.8 Å². The molecule has 2 aromatic rings. The number of alkyl halides is 6. The number of methoxy groups -OCH3 is 1. The van der Waals surface area contributed by atoms with Gasteiger partial charge in [-0.25, -0.2) is 4.79 Å². The van der Waals surface area contributed by atoms with Crippen LogP contribution in [0.2, 0.25) is 0 Å². The molecule has 0 saturated carbocycles. The average molecular weight is 517 g/mol. The zero-order valence-corrected chi connectivity index (χ0v) is 17.4. The van der Waals surface area contributed by atoms with Gasteiger partial charge >= 0.3 is 24.3 Å². The van der Waals surface area contributed by atoms with Gasteiger partial charge in [0.15, 0.2) is 23.9 Å². The van der Waals surface area contributed by atoms with E-state index >= 15 is 0 Å². The van der Waals surface area contributed by atoms with Gasteiger partial charge in [0.1, 0.15) is 24.5 Å². The molecule has 3 rings (SSSR count). The van der Waals surface area contributed by atoms with E-state index in [4.69, 9.17) is 9.47 Å². The Morgan fingerprint density at radius 2 is 1.69 bits per heavy atom. The number of hydrogen-bond donors (Lipinski definition) is 4. The molecule has 0 bridgehead atoms. The molecular formula is C18H17F6N3O8. The minimum atomic E-state index is -5.69. The van der Waals surface area contributed by atoms with Crippen molar-refractivity contribution in [1.82, 2.24) is 14.8 Å². The molecule has 4 N–H and O–H groups in total. The number of aromatic nitrogens is 3. The molecule has 1 saturated heterocycles. The van der Waals surface area contributed by atoms with Gasteiger partial charge in [-0.05, 0) is 24.3 Å². The molecule has 5 atom stereocenters. The molecule has 1 fully saturated rings. The van der Waals surface area contributed by atoms with Gasteiger partial charge < -0.3 is 34.6 Å². The maximum absolute atomic E-state index is 13.3. The van der Waals surface area contributed by atoms with E-state index in [1.54, 1.807) is 0 Å². The van der Waals surface area contributed by atoms with E-state index in [0.717, 1.165) is 0 Å². The van der Waals surface area contributed by atoms with E-state index in [0.29, 0.717) is 10.3 Å². The van der Waals surface area contributed by atoms with Crippen LogP contribution in [0, 0.1) is 0 Å². The summed E-state index contributed by atoms with van der Waals surface area (Å²) < 4.78 is 91.6. The van der Waals surface area contributed by atoms with Gasteiger partial charge in [0, 0.05) is 5.56 Å². The van der Waals surface area contributed by atoms with E-state index in [-0.39, 0.29) is 5.56 Å². The van der Waals surface area contributed by atoms with Gasteiger partial charge in [-0.1, -0.05) is 0 Å². The molecule has 2 heterocycles. The van der Waals surface area contributed by atoms with E-state index < -0.39 is 66.9 Å². The Morgan fingerprint density at radius 1 is 1.09 bits per heavy atom. The lowest BCUT2D eigenvalue weighted by molar-refractivity contribution is -0.440. The summed E-state index contributed by atoms with van der Waals surface area (Å²) in [6.07, 6.45) is -20.7. The van der Waals surface area contributed by atoms with Crippen molar-refractivity contribution >= 4 is 5.97 Å². The molecule has 0 amide bonds. The number of halogens is 6. The Labute approximate surface area is 191 Å². The first-order chi connectivity index (χ1) is 16.1. The smallest absolute Gasteiger partial charge is 0.491 e. The molecule has 11 nitrogen and oxygen atoms in total. The van der Waals surface area contributed by atoms with Crippen molar-refractivity contribution in [2.45, 2.75) is 49.3 Å². The maximum Gasteiger partial charge on any atom is 0.491 e. The quantitative estimate of drug-likeness (QED) is 0.249. The van der Waals surface area contributed by atoms with Crippen LogP contribution in [0.3, 0.4) is 0 Å². The average Bonchev–Trinajstić information content (AvgIpc) is 3.16. The predicted octanol–water partition coefficient (Wildman–Crippen LogP) is 0.422. The molecule has 194 valence electrons. The summed E-state index contributed by atoms with van der Waals surface area (Å²) in [5.41, 5.74) is 0.0541. The number of rotatable bonds is 5. The fourth-order valence-corrected chi connectivity index (χ4v) is 3.20. The van der Waals surface area contributed by atoms with Gasteiger partial charge in [-0.2, -0.15) is 26.3 Å². The molecule has 35 heavy (non-hydrogen) atoms. The Morgan fingerprint density at radius 3 is 2.20 bits per heavy atom. The van der Waals surface area contributed by atoms with E-state index in [1.165, 1.54) is 31.4 Å². The van der Waals surface area contributed by atoms with Gasteiger partial charge in [0.2, 0.25) is 0 Å². The number of carbonyl (C=O) groups is 1. The molecule has 1 aromatic heterocycles. The fraction of sp³-hybridized carbons (Fsp3) is 0.500. The van der Waals surface area contributed by atoms with Crippen LogP contribution in [0.4, 0.5) is 26.3 Å². The van der Waals surface area contributed by atoms with E-state index in [2.05, 4.69) is 14.9 Å². The zero-order chi connectivity index (χ0) is 26.3. The summed E-state index contributed by atoms with van der Waals surface area (Å²) in [6, 6.07) is 5.36. The molecule has 1 aliphatic rings. The summed E-state index contributed by atoms with van der Waals surface area (Å²) in [6.45, 7) is -1.80. The first kappa shape index (κ1) is 26.6. The van der Waals surface area contributed by atoms with Gasteiger partial charge in [0.05, 0.1) is 7.11 Å². The predicted molar refractivity (Wildman–Crippen MR) is 97.0 cm³/mol. The van der Waals surface area contributed by atoms with E-state index in [9.17, 15) is 51.6 Å². The Balaban J connectivity index is 2.07. The third-order valence-electron chi connectivity index (χ3n) is 4.84. The molecule has 1 aliphatic heterocycles. The van der Waals surface area contributed by atoms with Crippen LogP contribution in [-0.4, -0.2) is 84.9 Å². The minimum absolute atomic E-state index is 0.0541. The van der Waals surface area contributed by atoms with Crippen LogP contribution < -0.4 is 4.74 Å². The third kappa shape index (κ3) is 5.48. The first-order valence-corrected chi connectivity index (χ1v) is 9.46. The maximum atomic E-state index is 13.3. The van der Waals surface area contributed by atoms with Crippen LogP contribution in [0.25, 0.3) is 11.4 Å². The topological polar surface area (TPSA) is 156 Å². The van der Waals surface area contributed by atoms with Crippen molar-refractivity contribution in [1.29, 1.82) is 0 Å². The number of benzene rings is 1. The number of aliphatic hydroxyl groups excluding tert-OH is 3. The van der Waals surface area contributed by atoms with Gasteiger partial charge in [-0.15, -0.1) is 10.2 Å². The lowest BCUT2D eigenvalue weighted by atomic mass is 9.96. The normalized spacial score (nSPS) is 27.5. The monoisotopic (exact) mass is 517 g/mol. The number of nitrogens with zero attached hydrogens (tertiary/aromatic N) is 3. The summed E-state index contributed by atoms with van der Waals surface area (Å²) in [4.78, 5) is 11.2. The highest BCUT2D eigenvalue weighted by molar-refractivity contribution is 5.75. The van der Waals surface area contributed by atoms with Crippen molar-refractivity contribution in [3.8, 4) is 17.1 Å². The SMILES string of the molecule is COc1ccc(-c2nnc(C3O[C@](O)(OC(=O)C(F)(F)F)[C@H](O)[C@@H](O)[C@@H]3O)n2CC(F)(F)F)cc1. The summed E-state index contributed by atoms with van der Waals surface area (Å²) in [7, 11) is 1.34. The standard InChI is InChI=1S/C18H17F6N3O8/c1-33-8-4-2-7(3-5-8)13-25-26-14(27(13)6-16(19,20)21)11-9(28)10(29)12(30)18(32,34-11)35-15(31)17(22,23)24/h2-5,9-12,28-30,32H,6H2,1H3/t9-,10-,11?,12+,18-/m0/s1. The highest BCUT2D eigenvalue weighted by Gasteiger charge is 2.60. The second kappa shape index (κ2) is 9.23. The first-order valence-electron chi connectivity index (χ1n) is 9.46. The van der Waals surface area contributed by atoms with Gasteiger partial charge in [0.25, 0.3) is 0 Å². The Kier molecular flexibility index (Phi) is 7.02. The Bertz CT molecular complexity index is 1060. The molecule has 1 aromatic carbocycles. The molecule has 0 aliphatic carbocycles. The number of esters is 1. The minimum Gasteiger partial charge on any atom is -0.497 e.